The van der Waals surface area contributed by atoms with Gasteiger partial charge in [-0.25, -0.2) is 0 Å². The molecule has 1 heterocycles. The quantitative estimate of drug-likeness (QED) is 0.831. The van der Waals surface area contributed by atoms with E-state index >= 15 is 0 Å². The minimum absolute atomic E-state index is 0.523. The van der Waals surface area contributed by atoms with Crippen LogP contribution >= 0.6 is 0 Å². The van der Waals surface area contributed by atoms with Crippen molar-refractivity contribution in [3.8, 4) is 5.75 Å². The summed E-state index contributed by atoms with van der Waals surface area (Å²) in [6.07, 6.45) is 4.54. The van der Waals surface area contributed by atoms with E-state index in [-0.39, 0.29) is 0 Å². The summed E-state index contributed by atoms with van der Waals surface area (Å²) < 4.78 is 11.0. The normalized spacial score (nSPS) is 17.9. The molecule has 3 nitrogen and oxygen atoms in total. The smallest absolute Gasteiger partial charge is 0.122 e. The molecule has 0 saturated carbocycles. The van der Waals surface area contributed by atoms with Crippen molar-refractivity contribution in [1.82, 2.24) is 5.32 Å². The van der Waals surface area contributed by atoms with Crippen LogP contribution in [0, 0.1) is 5.92 Å². The lowest BCUT2D eigenvalue weighted by Crippen LogP contribution is -2.41. The molecule has 1 unspecified atom stereocenters. The first-order valence-corrected chi connectivity index (χ1v) is 7.78. The zero-order valence-corrected chi connectivity index (χ0v) is 12.7. The summed E-state index contributed by atoms with van der Waals surface area (Å²) in [6.45, 7) is 5.11. The van der Waals surface area contributed by atoms with Gasteiger partial charge in [0.05, 0.1) is 7.11 Å². The number of hydrogen-bond acceptors (Lipinski definition) is 3. The number of rotatable bonds is 7. The predicted octanol–water partition coefficient (Wildman–Crippen LogP) is 3.03. The van der Waals surface area contributed by atoms with Gasteiger partial charge in [-0.1, -0.05) is 25.1 Å². The second-order valence-electron chi connectivity index (χ2n) is 5.53. The maximum atomic E-state index is 5.50. The van der Waals surface area contributed by atoms with E-state index in [1.54, 1.807) is 7.11 Å². The van der Waals surface area contributed by atoms with E-state index in [1.807, 2.05) is 6.07 Å². The van der Waals surface area contributed by atoms with Crippen molar-refractivity contribution in [2.24, 2.45) is 5.92 Å². The molecule has 0 amide bonds. The highest BCUT2D eigenvalue weighted by atomic mass is 16.5. The first-order valence-electron chi connectivity index (χ1n) is 7.78. The van der Waals surface area contributed by atoms with Gasteiger partial charge in [0.1, 0.15) is 5.75 Å². The van der Waals surface area contributed by atoms with Crippen LogP contribution in [0.25, 0.3) is 0 Å². The van der Waals surface area contributed by atoms with Crippen LogP contribution in [0.5, 0.6) is 5.75 Å². The lowest BCUT2D eigenvalue weighted by molar-refractivity contribution is 0.0537. The topological polar surface area (TPSA) is 30.5 Å². The molecule has 0 bridgehead atoms. The Balaban J connectivity index is 2.05. The van der Waals surface area contributed by atoms with Crippen molar-refractivity contribution < 1.29 is 9.47 Å². The number of benzene rings is 1. The van der Waals surface area contributed by atoms with E-state index in [4.69, 9.17) is 9.47 Å². The molecule has 3 heteroatoms. The molecule has 0 spiro atoms. The van der Waals surface area contributed by atoms with Gasteiger partial charge in [0.15, 0.2) is 0 Å². The minimum atomic E-state index is 0.523. The number of ether oxygens (including phenoxy) is 2. The Bertz CT molecular complexity index is 388. The zero-order valence-electron chi connectivity index (χ0n) is 12.7. The Morgan fingerprint density at radius 1 is 1.30 bits per heavy atom. The molecule has 0 radical (unpaired) electrons. The van der Waals surface area contributed by atoms with Gasteiger partial charge in [-0.15, -0.1) is 0 Å². The molecule has 20 heavy (non-hydrogen) atoms. The lowest BCUT2D eigenvalue weighted by atomic mass is 9.87. The van der Waals surface area contributed by atoms with Crippen molar-refractivity contribution in [2.45, 2.75) is 38.6 Å². The summed E-state index contributed by atoms with van der Waals surface area (Å²) in [5, 5.41) is 3.73. The number of nitrogens with one attached hydrogen (secondary N) is 1. The van der Waals surface area contributed by atoms with E-state index in [1.165, 1.54) is 12.0 Å². The van der Waals surface area contributed by atoms with E-state index in [9.17, 15) is 0 Å². The highest BCUT2D eigenvalue weighted by molar-refractivity contribution is 5.34. The van der Waals surface area contributed by atoms with Crippen molar-refractivity contribution in [3.63, 3.8) is 0 Å². The van der Waals surface area contributed by atoms with Crippen LogP contribution in [0.1, 0.15) is 31.7 Å². The molecule has 1 saturated heterocycles. The molecule has 0 aromatic heterocycles. The molecule has 1 atom stereocenters. The lowest BCUT2D eigenvalue weighted by Gasteiger charge is -2.31. The molecule has 1 N–H and O–H groups in total. The first kappa shape index (κ1) is 15.3. The molecule has 1 aromatic rings. The first-order chi connectivity index (χ1) is 9.85. The largest absolute Gasteiger partial charge is 0.496 e. The summed E-state index contributed by atoms with van der Waals surface area (Å²) in [4.78, 5) is 0. The molecular formula is C17H27NO2. The van der Waals surface area contributed by atoms with Crippen molar-refractivity contribution in [1.29, 1.82) is 0 Å². The zero-order chi connectivity index (χ0) is 14.2. The average molecular weight is 277 g/mol. The van der Waals surface area contributed by atoms with Crippen LogP contribution in [0.15, 0.2) is 24.3 Å². The fraction of sp³-hybridized carbons (Fsp3) is 0.647. The maximum absolute atomic E-state index is 5.50. The molecule has 0 aliphatic carbocycles. The highest BCUT2D eigenvalue weighted by Gasteiger charge is 2.24. The Kier molecular flexibility index (Phi) is 6.34. The van der Waals surface area contributed by atoms with Gasteiger partial charge in [-0.3, -0.25) is 0 Å². The molecule has 112 valence electrons. The predicted molar refractivity (Wildman–Crippen MR) is 82.3 cm³/mol. The molecule has 1 aliphatic rings. The highest BCUT2D eigenvalue weighted by Crippen LogP contribution is 2.25. The van der Waals surface area contributed by atoms with Crippen LogP contribution in [-0.4, -0.2) is 32.9 Å². The summed E-state index contributed by atoms with van der Waals surface area (Å²) in [5.41, 5.74) is 1.30. The van der Waals surface area contributed by atoms with E-state index in [0.717, 1.165) is 44.8 Å². The fourth-order valence-electron chi connectivity index (χ4n) is 2.96. The third-order valence-corrected chi connectivity index (χ3v) is 4.12. The van der Waals surface area contributed by atoms with Crippen LogP contribution in [0.4, 0.5) is 0 Å². The SMILES string of the molecule is CCCNC(Cc1ccccc1OC)C1CCOCC1. The maximum Gasteiger partial charge on any atom is 0.122 e. The van der Waals surface area contributed by atoms with Gasteiger partial charge in [0.2, 0.25) is 0 Å². The van der Waals surface area contributed by atoms with Crippen LogP contribution in [0.2, 0.25) is 0 Å². The van der Waals surface area contributed by atoms with Gasteiger partial charge in [-0.2, -0.15) is 0 Å². The minimum Gasteiger partial charge on any atom is -0.496 e. The fourth-order valence-corrected chi connectivity index (χ4v) is 2.96. The Hall–Kier alpha value is -1.06. The van der Waals surface area contributed by atoms with E-state index < -0.39 is 0 Å². The van der Waals surface area contributed by atoms with Crippen molar-refractivity contribution in [2.75, 3.05) is 26.9 Å². The summed E-state index contributed by atoms with van der Waals surface area (Å²) in [5.74, 6) is 1.71. The molecule has 1 aliphatic heterocycles. The van der Waals surface area contributed by atoms with Crippen LogP contribution < -0.4 is 10.1 Å². The Labute approximate surface area is 122 Å². The summed E-state index contributed by atoms with van der Waals surface area (Å²) in [7, 11) is 1.75. The third-order valence-electron chi connectivity index (χ3n) is 4.12. The third kappa shape index (κ3) is 4.22. The molecule has 1 aromatic carbocycles. The van der Waals surface area contributed by atoms with Crippen molar-refractivity contribution in [3.05, 3.63) is 29.8 Å². The van der Waals surface area contributed by atoms with Gasteiger partial charge in [0.25, 0.3) is 0 Å². The number of methoxy groups -OCH3 is 1. The molecule has 1 fully saturated rings. The van der Waals surface area contributed by atoms with Gasteiger partial charge < -0.3 is 14.8 Å². The molecular weight excluding hydrogens is 250 g/mol. The van der Waals surface area contributed by atoms with Gasteiger partial charge in [0, 0.05) is 19.3 Å². The second kappa shape index (κ2) is 8.28. The Morgan fingerprint density at radius 2 is 2.05 bits per heavy atom. The van der Waals surface area contributed by atoms with E-state index in [2.05, 4.69) is 30.4 Å². The van der Waals surface area contributed by atoms with Crippen LogP contribution in [0.3, 0.4) is 0 Å². The monoisotopic (exact) mass is 277 g/mol. The Morgan fingerprint density at radius 3 is 2.75 bits per heavy atom. The number of hydrogen-bond donors (Lipinski definition) is 1. The standard InChI is InChI=1S/C17H27NO2/c1-3-10-18-16(14-8-11-20-12-9-14)13-15-6-4-5-7-17(15)19-2/h4-7,14,16,18H,3,8-13H2,1-2H3. The summed E-state index contributed by atoms with van der Waals surface area (Å²) >= 11 is 0. The number of para-hydroxylation sites is 1. The van der Waals surface area contributed by atoms with E-state index in [0.29, 0.717) is 12.0 Å². The second-order valence-corrected chi connectivity index (χ2v) is 5.53. The molecule has 2 rings (SSSR count). The van der Waals surface area contributed by atoms with Gasteiger partial charge in [-0.05, 0) is 49.8 Å². The average Bonchev–Trinajstić information content (AvgIpc) is 2.52. The van der Waals surface area contributed by atoms with Crippen molar-refractivity contribution >= 4 is 0 Å². The van der Waals surface area contributed by atoms with Gasteiger partial charge >= 0.3 is 0 Å². The van der Waals surface area contributed by atoms with Crippen LogP contribution in [-0.2, 0) is 11.2 Å². The summed E-state index contributed by atoms with van der Waals surface area (Å²) in [6, 6.07) is 8.88.